The number of rotatable bonds is 3. The Balaban J connectivity index is 2.06. The van der Waals surface area contributed by atoms with Crippen LogP contribution < -0.4 is 5.32 Å². The third kappa shape index (κ3) is 3.03. The van der Waals surface area contributed by atoms with E-state index in [1.807, 2.05) is 0 Å². The van der Waals surface area contributed by atoms with Crippen molar-refractivity contribution in [1.82, 2.24) is 5.32 Å². The number of hydrogen-bond acceptors (Lipinski definition) is 1. The number of alkyl halides is 3. The first-order valence-corrected chi connectivity index (χ1v) is 5.85. The molecule has 1 atom stereocenters. The van der Waals surface area contributed by atoms with E-state index in [9.17, 15) is 18.0 Å². The van der Waals surface area contributed by atoms with Crippen molar-refractivity contribution in [3.8, 4) is 0 Å². The van der Waals surface area contributed by atoms with Gasteiger partial charge in [0.2, 0.25) is 0 Å². The zero-order chi connectivity index (χ0) is 13.3. The van der Waals surface area contributed by atoms with Crippen LogP contribution in [0.5, 0.6) is 0 Å². The van der Waals surface area contributed by atoms with E-state index in [1.165, 1.54) is 24.3 Å². The second kappa shape index (κ2) is 4.63. The Labute approximate surface area is 103 Å². The molecule has 0 spiro atoms. The van der Waals surface area contributed by atoms with Crippen molar-refractivity contribution in [3.05, 3.63) is 35.4 Å². The Bertz CT molecular complexity index is 435. The minimum Gasteiger partial charge on any atom is -0.349 e. The molecule has 1 amide bonds. The van der Waals surface area contributed by atoms with Gasteiger partial charge in [-0.05, 0) is 37.5 Å². The molecular formula is C13H14F3NO. The maximum atomic E-state index is 12.5. The zero-order valence-corrected chi connectivity index (χ0v) is 9.92. The highest BCUT2D eigenvalue weighted by atomic mass is 19.4. The minimum atomic E-state index is -4.25. The highest BCUT2D eigenvalue weighted by Gasteiger charge is 2.36. The number of nitrogens with one attached hydrogen (secondary N) is 1. The van der Waals surface area contributed by atoms with Gasteiger partial charge in [0.1, 0.15) is 0 Å². The lowest BCUT2D eigenvalue weighted by atomic mass is 9.99. The van der Waals surface area contributed by atoms with Crippen molar-refractivity contribution in [3.63, 3.8) is 0 Å². The van der Waals surface area contributed by atoms with Gasteiger partial charge in [0.25, 0.3) is 5.91 Å². The molecule has 0 unspecified atom stereocenters. The van der Waals surface area contributed by atoms with Crippen molar-refractivity contribution in [1.29, 1.82) is 0 Å². The van der Waals surface area contributed by atoms with Crippen molar-refractivity contribution in [2.75, 3.05) is 0 Å². The van der Waals surface area contributed by atoms with Crippen LogP contribution in [0.15, 0.2) is 24.3 Å². The van der Waals surface area contributed by atoms with Gasteiger partial charge < -0.3 is 5.32 Å². The van der Waals surface area contributed by atoms with Crippen LogP contribution in [0.25, 0.3) is 0 Å². The topological polar surface area (TPSA) is 29.1 Å². The molecule has 98 valence electrons. The molecule has 1 aliphatic carbocycles. The molecule has 2 nitrogen and oxygen atoms in total. The molecule has 1 aromatic rings. The van der Waals surface area contributed by atoms with Crippen LogP contribution in [0, 0.1) is 0 Å². The van der Waals surface area contributed by atoms with Gasteiger partial charge in [-0.15, -0.1) is 0 Å². The van der Waals surface area contributed by atoms with Crippen LogP contribution in [-0.2, 0) is 0 Å². The van der Waals surface area contributed by atoms with Gasteiger partial charge in [-0.3, -0.25) is 4.79 Å². The summed E-state index contributed by atoms with van der Waals surface area (Å²) in [5.74, 6) is -1.73. The van der Waals surface area contributed by atoms with Crippen molar-refractivity contribution in [2.24, 2.45) is 0 Å². The average molecular weight is 257 g/mol. The Kier molecular flexibility index (Phi) is 3.32. The van der Waals surface area contributed by atoms with Crippen LogP contribution in [0.3, 0.4) is 0 Å². The predicted molar refractivity (Wildman–Crippen MR) is 61.4 cm³/mol. The summed E-state index contributed by atoms with van der Waals surface area (Å²) >= 11 is 0. The van der Waals surface area contributed by atoms with E-state index in [2.05, 4.69) is 5.32 Å². The summed E-state index contributed by atoms with van der Waals surface area (Å²) < 4.78 is 37.5. The Morgan fingerprint density at radius 1 is 1.28 bits per heavy atom. The largest absolute Gasteiger partial charge is 0.395 e. The summed E-state index contributed by atoms with van der Waals surface area (Å²) in [5.41, 5.74) is 0.575. The van der Waals surface area contributed by atoms with Crippen molar-refractivity contribution in [2.45, 2.75) is 37.9 Å². The molecule has 1 aromatic carbocycles. The molecule has 1 N–H and O–H groups in total. The summed E-state index contributed by atoms with van der Waals surface area (Å²) in [6.45, 7) is 1.11. The van der Waals surface area contributed by atoms with Crippen molar-refractivity contribution < 1.29 is 18.0 Å². The molecule has 1 aliphatic rings. The lowest BCUT2D eigenvalue weighted by Crippen LogP contribution is -2.25. The molecule has 1 saturated carbocycles. The van der Waals surface area contributed by atoms with Crippen LogP contribution in [-0.4, -0.2) is 18.1 Å². The Hall–Kier alpha value is -1.52. The first kappa shape index (κ1) is 12.9. The molecule has 0 saturated heterocycles. The van der Waals surface area contributed by atoms with E-state index < -0.39 is 12.1 Å². The normalized spacial score (nSPS) is 17.3. The highest BCUT2D eigenvalue weighted by Crippen LogP contribution is 2.34. The predicted octanol–water partition coefficient (Wildman–Crippen LogP) is 3.24. The summed E-state index contributed by atoms with van der Waals surface area (Å²) in [7, 11) is 0. The van der Waals surface area contributed by atoms with E-state index in [1.54, 1.807) is 0 Å². The fourth-order valence-electron chi connectivity index (χ4n) is 1.61. The van der Waals surface area contributed by atoms with E-state index in [0.29, 0.717) is 5.56 Å². The highest BCUT2D eigenvalue weighted by molar-refractivity contribution is 5.94. The smallest absolute Gasteiger partial charge is 0.349 e. The Morgan fingerprint density at radius 3 is 2.28 bits per heavy atom. The number of carbonyl (C=O) groups excluding carboxylic acids is 1. The second-order valence-electron chi connectivity index (χ2n) is 4.63. The maximum absolute atomic E-state index is 12.5. The van der Waals surface area contributed by atoms with Gasteiger partial charge in [0.05, 0.1) is 5.92 Å². The fourth-order valence-corrected chi connectivity index (χ4v) is 1.61. The fraction of sp³-hybridized carbons (Fsp3) is 0.462. The number of halogens is 3. The SMILES string of the molecule is C[C@H](c1ccc(C(=O)NC2CC2)cc1)C(F)(F)F. The van der Waals surface area contributed by atoms with Crippen LogP contribution in [0.1, 0.15) is 41.6 Å². The van der Waals surface area contributed by atoms with E-state index >= 15 is 0 Å². The summed E-state index contributed by atoms with van der Waals surface area (Å²) in [6, 6.07) is 5.84. The molecule has 5 heteroatoms. The molecule has 0 heterocycles. The van der Waals surface area contributed by atoms with Gasteiger partial charge in [0, 0.05) is 11.6 Å². The first-order chi connectivity index (χ1) is 8.38. The lowest BCUT2D eigenvalue weighted by molar-refractivity contribution is -0.146. The van der Waals surface area contributed by atoms with Crippen LogP contribution >= 0.6 is 0 Å². The first-order valence-electron chi connectivity index (χ1n) is 5.85. The summed E-state index contributed by atoms with van der Waals surface area (Å²) in [4.78, 5) is 11.6. The number of hydrogen-bond donors (Lipinski definition) is 1. The lowest BCUT2D eigenvalue weighted by Gasteiger charge is -2.16. The summed E-state index contributed by atoms with van der Waals surface area (Å²) in [6.07, 6.45) is -2.29. The van der Waals surface area contributed by atoms with Gasteiger partial charge in [0.15, 0.2) is 0 Å². The van der Waals surface area contributed by atoms with Crippen LogP contribution in [0.4, 0.5) is 13.2 Å². The third-order valence-corrected chi connectivity index (χ3v) is 3.08. The number of benzene rings is 1. The molecule has 1 fully saturated rings. The molecule has 2 rings (SSSR count). The van der Waals surface area contributed by atoms with E-state index in [-0.39, 0.29) is 17.5 Å². The monoisotopic (exact) mass is 257 g/mol. The standard InChI is InChI=1S/C13H14F3NO/c1-8(13(14,15)16)9-2-4-10(5-3-9)12(18)17-11-6-7-11/h2-5,8,11H,6-7H2,1H3,(H,17,18)/t8-/m1/s1. The van der Waals surface area contributed by atoms with E-state index in [0.717, 1.165) is 19.8 Å². The van der Waals surface area contributed by atoms with Crippen LogP contribution in [0.2, 0.25) is 0 Å². The molecule has 0 aliphatic heterocycles. The Morgan fingerprint density at radius 2 is 1.83 bits per heavy atom. The van der Waals surface area contributed by atoms with Gasteiger partial charge in [-0.2, -0.15) is 13.2 Å². The molecular weight excluding hydrogens is 243 g/mol. The summed E-state index contributed by atoms with van der Waals surface area (Å²) in [5, 5.41) is 2.79. The average Bonchev–Trinajstić information content (AvgIpc) is 3.11. The maximum Gasteiger partial charge on any atom is 0.395 e. The zero-order valence-electron chi connectivity index (χ0n) is 9.92. The number of carbonyl (C=O) groups is 1. The molecule has 0 bridgehead atoms. The molecule has 18 heavy (non-hydrogen) atoms. The molecule has 0 radical (unpaired) electrons. The van der Waals surface area contributed by atoms with Gasteiger partial charge >= 0.3 is 6.18 Å². The van der Waals surface area contributed by atoms with Gasteiger partial charge in [-0.25, -0.2) is 0 Å². The van der Waals surface area contributed by atoms with E-state index in [4.69, 9.17) is 0 Å². The second-order valence-corrected chi connectivity index (χ2v) is 4.63. The quantitative estimate of drug-likeness (QED) is 0.884. The minimum absolute atomic E-state index is 0.172. The molecule has 0 aromatic heterocycles. The van der Waals surface area contributed by atoms with Crippen molar-refractivity contribution >= 4 is 5.91 Å². The van der Waals surface area contributed by atoms with Gasteiger partial charge in [-0.1, -0.05) is 12.1 Å². The number of amides is 1. The third-order valence-electron chi connectivity index (χ3n) is 3.08.